The van der Waals surface area contributed by atoms with E-state index in [1.54, 1.807) is 12.1 Å². The molecule has 5 heteroatoms. The molecule has 0 atom stereocenters. The molecule has 0 aliphatic carbocycles. The van der Waals surface area contributed by atoms with Gasteiger partial charge in [-0.2, -0.15) is 0 Å². The van der Waals surface area contributed by atoms with E-state index in [0.717, 1.165) is 11.6 Å². The number of hydrogen-bond donors (Lipinski definition) is 2. The van der Waals surface area contributed by atoms with Crippen LogP contribution in [0.1, 0.15) is 11.1 Å². The Morgan fingerprint density at radius 3 is 2.53 bits per heavy atom. The summed E-state index contributed by atoms with van der Waals surface area (Å²) in [7, 11) is 0. The van der Waals surface area contributed by atoms with Crippen molar-refractivity contribution < 1.29 is 13.9 Å². The average Bonchev–Trinajstić information content (AvgIpc) is 2.36. The summed E-state index contributed by atoms with van der Waals surface area (Å²) in [5.74, 6) is -1.14. The van der Waals surface area contributed by atoms with E-state index in [2.05, 4.69) is 5.32 Å². The van der Waals surface area contributed by atoms with Crippen LogP contribution in [0.15, 0.2) is 36.4 Å². The summed E-state index contributed by atoms with van der Waals surface area (Å²) in [5.41, 5.74) is 1.26. The van der Waals surface area contributed by atoms with E-state index in [1.165, 1.54) is 18.2 Å². The van der Waals surface area contributed by atoms with Crippen molar-refractivity contribution in [2.24, 2.45) is 0 Å². The van der Waals surface area contributed by atoms with Crippen molar-refractivity contribution in [3.63, 3.8) is 0 Å². The zero-order valence-corrected chi connectivity index (χ0v) is 10.7. The van der Waals surface area contributed by atoms with Crippen LogP contribution in [0.4, 0.5) is 8.78 Å². The van der Waals surface area contributed by atoms with Crippen LogP contribution in [0.2, 0.25) is 5.02 Å². The van der Waals surface area contributed by atoms with E-state index in [0.29, 0.717) is 12.1 Å². The highest BCUT2D eigenvalue weighted by Crippen LogP contribution is 2.23. The Balaban J connectivity index is 1.94. The van der Waals surface area contributed by atoms with Gasteiger partial charge in [0.1, 0.15) is 17.4 Å². The molecule has 0 saturated heterocycles. The second-order valence-corrected chi connectivity index (χ2v) is 4.53. The molecule has 0 unspecified atom stereocenters. The monoisotopic (exact) mass is 283 g/mol. The van der Waals surface area contributed by atoms with Gasteiger partial charge in [0.15, 0.2) is 0 Å². The summed E-state index contributed by atoms with van der Waals surface area (Å²) >= 11 is 5.77. The maximum absolute atomic E-state index is 13.4. The van der Waals surface area contributed by atoms with E-state index in [-0.39, 0.29) is 17.3 Å². The molecule has 2 nitrogen and oxygen atoms in total. The standard InChI is InChI=1S/C14H12ClF2NO/c15-12-5-9(1-4-14(12)19)7-18-8-10-2-3-11(16)6-13(10)17/h1-6,18-19H,7-8H2. The van der Waals surface area contributed by atoms with Crippen molar-refractivity contribution in [2.75, 3.05) is 0 Å². The molecule has 2 aromatic rings. The SMILES string of the molecule is Oc1ccc(CNCc2ccc(F)cc2F)cc1Cl. The van der Waals surface area contributed by atoms with Crippen LogP contribution in [0, 0.1) is 11.6 Å². The summed E-state index contributed by atoms with van der Waals surface area (Å²) in [4.78, 5) is 0. The minimum Gasteiger partial charge on any atom is -0.506 e. The number of benzene rings is 2. The fraction of sp³-hybridized carbons (Fsp3) is 0.143. The van der Waals surface area contributed by atoms with Crippen molar-refractivity contribution in [2.45, 2.75) is 13.1 Å². The van der Waals surface area contributed by atoms with Crippen LogP contribution in [-0.2, 0) is 13.1 Å². The molecule has 0 amide bonds. The van der Waals surface area contributed by atoms with Crippen molar-refractivity contribution in [1.29, 1.82) is 0 Å². The minimum atomic E-state index is -0.591. The molecule has 0 saturated carbocycles. The Morgan fingerprint density at radius 1 is 1.05 bits per heavy atom. The third-order valence-electron chi connectivity index (χ3n) is 2.67. The van der Waals surface area contributed by atoms with Gasteiger partial charge in [0.2, 0.25) is 0 Å². The van der Waals surface area contributed by atoms with Gasteiger partial charge in [0.05, 0.1) is 5.02 Å². The lowest BCUT2D eigenvalue weighted by Crippen LogP contribution is -2.13. The van der Waals surface area contributed by atoms with Crippen LogP contribution >= 0.6 is 11.6 Å². The highest BCUT2D eigenvalue weighted by Gasteiger charge is 2.04. The summed E-state index contributed by atoms with van der Waals surface area (Å²) in [5, 5.41) is 12.6. The lowest BCUT2D eigenvalue weighted by Gasteiger charge is -2.07. The number of aromatic hydroxyl groups is 1. The Bertz CT molecular complexity index is 590. The molecule has 100 valence electrons. The van der Waals surface area contributed by atoms with Crippen LogP contribution in [-0.4, -0.2) is 5.11 Å². The van der Waals surface area contributed by atoms with E-state index < -0.39 is 11.6 Å². The van der Waals surface area contributed by atoms with Gasteiger partial charge in [0.25, 0.3) is 0 Å². The topological polar surface area (TPSA) is 32.3 Å². The van der Waals surface area contributed by atoms with Crippen molar-refractivity contribution in [1.82, 2.24) is 5.32 Å². The second-order valence-electron chi connectivity index (χ2n) is 4.13. The Morgan fingerprint density at radius 2 is 1.84 bits per heavy atom. The zero-order valence-electron chi connectivity index (χ0n) is 9.96. The van der Waals surface area contributed by atoms with Crippen molar-refractivity contribution >= 4 is 11.6 Å². The van der Waals surface area contributed by atoms with Crippen molar-refractivity contribution in [3.05, 3.63) is 64.2 Å². The van der Waals surface area contributed by atoms with Gasteiger partial charge in [-0.3, -0.25) is 0 Å². The first-order valence-electron chi connectivity index (χ1n) is 5.68. The molecule has 0 radical (unpaired) electrons. The van der Waals surface area contributed by atoms with Gasteiger partial charge in [-0.25, -0.2) is 8.78 Å². The highest BCUT2D eigenvalue weighted by atomic mass is 35.5. The molecule has 0 bridgehead atoms. The minimum absolute atomic E-state index is 0.0231. The fourth-order valence-corrected chi connectivity index (χ4v) is 1.87. The van der Waals surface area contributed by atoms with Crippen LogP contribution in [0.25, 0.3) is 0 Å². The Kier molecular flexibility index (Phi) is 4.35. The highest BCUT2D eigenvalue weighted by molar-refractivity contribution is 6.32. The normalized spacial score (nSPS) is 10.7. The van der Waals surface area contributed by atoms with Gasteiger partial charge in [0, 0.05) is 24.7 Å². The molecule has 19 heavy (non-hydrogen) atoms. The summed E-state index contributed by atoms with van der Waals surface area (Å²) in [6, 6.07) is 8.32. The predicted molar refractivity (Wildman–Crippen MR) is 70.0 cm³/mol. The van der Waals surface area contributed by atoms with E-state index in [9.17, 15) is 13.9 Å². The molecule has 2 aromatic carbocycles. The van der Waals surface area contributed by atoms with Gasteiger partial charge < -0.3 is 10.4 Å². The van der Waals surface area contributed by atoms with Gasteiger partial charge >= 0.3 is 0 Å². The quantitative estimate of drug-likeness (QED) is 0.898. The third-order valence-corrected chi connectivity index (χ3v) is 2.97. The Hall–Kier alpha value is -1.65. The molecule has 0 fully saturated rings. The lowest BCUT2D eigenvalue weighted by atomic mass is 10.2. The fourth-order valence-electron chi connectivity index (χ4n) is 1.67. The molecule has 0 aliphatic heterocycles. The number of halogens is 3. The molecule has 0 heterocycles. The second kappa shape index (κ2) is 5.99. The Labute approximate surface area is 114 Å². The van der Waals surface area contributed by atoms with E-state index in [4.69, 9.17) is 11.6 Å². The molecular weight excluding hydrogens is 272 g/mol. The predicted octanol–water partition coefficient (Wildman–Crippen LogP) is 3.61. The lowest BCUT2D eigenvalue weighted by molar-refractivity contribution is 0.475. The third kappa shape index (κ3) is 3.66. The van der Waals surface area contributed by atoms with Crippen LogP contribution < -0.4 is 5.32 Å². The molecule has 0 aromatic heterocycles. The van der Waals surface area contributed by atoms with Gasteiger partial charge in [-0.05, 0) is 23.8 Å². The first-order chi connectivity index (χ1) is 9.06. The largest absolute Gasteiger partial charge is 0.506 e. The zero-order chi connectivity index (χ0) is 13.8. The number of nitrogens with one attached hydrogen (secondary N) is 1. The maximum atomic E-state index is 13.4. The molecule has 0 spiro atoms. The number of phenols is 1. The summed E-state index contributed by atoms with van der Waals surface area (Å²) in [6.45, 7) is 0.751. The average molecular weight is 284 g/mol. The number of phenolic OH excluding ortho intramolecular Hbond substituents is 1. The van der Waals surface area contributed by atoms with Crippen LogP contribution in [0.3, 0.4) is 0 Å². The number of rotatable bonds is 4. The van der Waals surface area contributed by atoms with Crippen molar-refractivity contribution in [3.8, 4) is 5.75 Å². The van der Waals surface area contributed by atoms with E-state index >= 15 is 0 Å². The summed E-state index contributed by atoms with van der Waals surface area (Å²) < 4.78 is 26.1. The number of hydrogen-bond acceptors (Lipinski definition) is 2. The molecule has 2 rings (SSSR count). The first kappa shape index (κ1) is 13.8. The molecule has 2 N–H and O–H groups in total. The van der Waals surface area contributed by atoms with Crippen LogP contribution in [0.5, 0.6) is 5.75 Å². The summed E-state index contributed by atoms with van der Waals surface area (Å²) in [6.07, 6.45) is 0. The first-order valence-corrected chi connectivity index (χ1v) is 6.06. The smallest absolute Gasteiger partial charge is 0.134 e. The van der Waals surface area contributed by atoms with E-state index in [1.807, 2.05) is 0 Å². The van der Waals surface area contributed by atoms with Gasteiger partial charge in [-0.1, -0.05) is 23.7 Å². The van der Waals surface area contributed by atoms with Gasteiger partial charge in [-0.15, -0.1) is 0 Å². The maximum Gasteiger partial charge on any atom is 0.134 e. The molecule has 0 aliphatic rings. The molecular formula is C14H12ClF2NO.